The molecule has 2 aromatic rings. The molecule has 5 heteroatoms. The highest BCUT2D eigenvalue weighted by molar-refractivity contribution is 6.36. The van der Waals surface area contributed by atoms with Crippen molar-refractivity contribution in [1.29, 1.82) is 0 Å². The maximum atomic E-state index is 12.1. The Balaban J connectivity index is 2.18. The van der Waals surface area contributed by atoms with Gasteiger partial charge in [-0.2, -0.15) is 0 Å². The highest BCUT2D eigenvalue weighted by atomic mass is 35.5. The van der Waals surface area contributed by atoms with E-state index in [9.17, 15) is 4.79 Å². The molecular weight excluding hydrogens is 295 g/mol. The Bertz CT molecular complexity index is 629. The van der Waals surface area contributed by atoms with E-state index in [1.807, 2.05) is 25.1 Å². The van der Waals surface area contributed by atoms with Crippen LogP contribution in [0.15, 0.2) is 42.5 Å². The van der Waals surface area contributed by atoms with E-state index in [2.05, 4.69) is 5.32 Å². The van der Waals surface area contributed by atoms with Crippen LogP contribution < -0.4 is 11.1 Å². The Morgan fingerprint density at radius 3 is 2.45 bits per heavy atom. The van der Waals surface area contributed by atoms with E-state index in [1.54, 1.807) is 24.3 Å². The Morgan fingerprint density at radius 2 is 1.80 bits per heavy atom. The molecule has 20 heavy (non-hydrogen) atoms. The molecular formula is C15H14Cl2N2O. The third-order valence-corrected chi connectivity index (χ3v) is 3.67. The number of carbonyl (C=O) groups excluding carboxylic acids is 1. The lowest BCUT2D eigenvalue weighted by Gasteiger charge is -2.14. The van der Waals surface area contributed by atoms with E-state index in [1.165, 1.54) is 0 Å². The summed E-state index contributed by atoms with van der Waals surface area (Å²) >= 11 is 12.1. The molecule has 0 radical (unpaired) electrons. The van der Waals surface area contributed by atoms with Crippen molar-refractivity contribution in [2.24, 2.45) is 5.73 Å². The number of rotatable bonds is 3. The average molecular weight is 309 g/mol. The normalized spacial score (nSPS) is 12.0. The minimum Gasteiger partial charge on any atom is -0.323 e. The SMILES string of the molecule is Cc1cc(Cl)c(NC(=O)[C@@H](N)c2ccccc2)cc1Cl. The van der Waals surface area contributed by atoms with E-state index >= 15 is 0 Å². The summed E-state index contributed by atoms with van der Waals surface area (Å²) in [6.07, 6.45) is 0. The van der Waals surface area contributed by atoms with Crippen LogP contribution >= 0.6 is 23.2 Å². The van der Waals surface area contributed by atoms with Gasteiger partial charge < -0.3 is 11.1 Å². The predicted octanol–water partition coefficient (Wildman–Crippen LogP) is 3.94. The largest absolute Gasteiger partial charge is 0.323 e. The molecule has 0 fully saturated rings. The minimum atomic E-state index is -0.757. The summed E-state index contributed by atoms with van der Waals surface area (Å²) in [4.78, 5) is 12.1. The van der Waals surface area contributed by atoms with Gasteiger partial charge in [0.05, 0.1) is 10.7 Å². The molecule has 0 saturated heterocycles. The zero-order valence-corrected chi connectivity index (χ0v) is 12.4. The number of aryl methyl sites for hydroxylation is 1. The number of halogens is 2. The van der Waals surface area contributed by atoms with Crippen molar-refractivity contribution < 1.29 is 4.79 Å². The summed E-state index contributed by atoms with van der Waals surface area (Å²) in [5.41, 5.74) is 7.96. The van der Waals surface area contributed by atoms with Crippen molar-refractivity contribution >= 4 is 34.8 Å². The van der Waals surface area contributed by atoms with Crippen LogP contribution in [0, 0.1) is 6.92 Å². The second kappa shape index (κ2) is 6.27. The lowest BCUT2D eigenvalue weighted by Crippen LogP contribution is -2.27. The standard InChI is InChI=1S/C15H14Cl2N2O/c1-9-7-12(17)13(8-11(9)16)19-15(20)14(18)10-5-3-2-4-6-10/h2-8,14H,18H2,1H3,(H,19,20)/t14-/m0/s1. The average Bonchev–Trinajstić information content (AvgIpc) is 2.44. The summed E-state index contributed by atoms with van der Waals surface area (Å²) < 4.78 is 0. The van der Waals surface area contributed by atoms with Crippen LogP contribution in [-0.2, 0) is 4.79 Å². The van der Waals surface area contributed by atoms with Gasteiger partial charge in [0.1, 0.15) is 6.04 Å². The van der Waals surface area contributed by atoms with Gasteiger partial charge in [-0.1, -0.05) is 53.5 Å². The van der Waals surface area contributed by atoms with E-state index in [-0.39, 0.29) is 5.91 Å². The number of benzene rings is 2. The van der Waals surface area contributed by atoms with Crippen LogP contribution in [0.1, 0.15) is 17.2 Å². The van der Waals surface area contributed by atoms with Gasteiger partial charge >= 0.3 is 0 Å². The molecule has 0 aromatic heterocycles. The number of carbonyl (C=O) groups is 1. The van der Waals surface area contributed by atoms with E-state index in [0.717, 1.165) is 11.1 Å². The number of anilines is 1. The third kappa shape index (κ3) is 3.31. The summed E-state index contributed by atoms with van der Waals surface area (Å²) in [6, 6.07) is 11.7. The van der Waals surface area contributed by atoms with Gasteiger partial charge in [0.2, 0.25) is 5.91 Å². The van der Waals surface area contributed by atoms with Crippen molar-refractivity contribution in [3.05, 3.63) is 63.6 Å². The maximum Gasteiger partial charge on any atom is 0.245 e. The summed E-state index contributed by atoms with van der Waals surface area (Å²) in [6.45, 7) is 1.84. The fourth-order valence-corrected chi connectivity index (χ4v) is 2.19. The molecule has 3 N–H and O–H groups in total. The van der Waals surface area contributed by atoms with Crippen LogP contribution in [0.4, 0.5) is 5.69 Å². The van der Waals surface area contributed by atoms with Crippen LogP contribution in [0.25, 0.3) is 0 Å². The molecule has 0 aliphatic carbocycles. The first-order valence-electron chi connectivity index (χ1n) is 6.06. The molecule has 1 atom stereocenters. The third-order valence-electron chi connectivity index (χ3n) is 2.95. The smallest absolute Gasteiger partial charge is 0.245 e. The fourth-order valence-electron chi connectivity index (χ4n) is 1.76. The van der Waals surface area contributed by atoms with Gasteiger partial charge in [-0.15, -0.1) is 0 Å². The molecule has 2 aromatic carbocycles. The van der Waals surface area contributed by atoms with Crippen LogP contribution in [-0.4, -0.2) is 5.91 Å². The number of hydrogen-bond acceptors (Lipinski definition) is 2. The molecule has 104 valence electrons. The van der Waals surface area contributed by atoms with Crippen molar-refractivity contribution in [3.63, 3.8) is 0 Å². The summed E-state index contributed by atoms with van der Waals surface area (Å²) in [7, 11) is 0. The monoisotopic (exact) mass is 308 g/mol. The molecule has 1 amide bonds. The Kier molecular flexibility index (Phi) is 4.65. The van der Waals surface area contributed by atoms with Crippen LogP contribution in [0.5, 0.6) is 0 Å². The lowest BCUT2D eigenvalue weighted by atomic mass is 10.1. The topological polar surface area (TPSA) is 55.1 Å². The Morgan fingerprint density at radius 1 is 1.15 bits per heavy atom. The molecule has 0 unspecified atom stereocenters. The zero-order chi connectivity index (χ0) is 14.7. The maximum absolute atomic E-state index is 12.1. The fraction of sp³-hybridized carbons (Fsp3) is 0.133. The van der Waals surface area contributed by atoms with Crippen LogP contribution in [0.3, 0.4) is 0 Å². The lowest BCUT2D eigenvalue weighted by molar-refractivity contribution is -0.117. The first-order chi connectivity index (χ1) is 9.49. The molecule has 0 spiro atoms. The highest BCUT2D eigenvalue weighted by Crippen LogP contribution is 2.29. The second-order valence-corrected chi connectivity index (χ2v) is 5.27. The van der Waals surface area contributed by atoms with Crippen molar-refractivity contribution in [1.82, 2.24) is 0 Å². The van der Waals surface area contributed by atoms with Crippen molar-refractivity contribution in [2.45, 2.75) is 13.0 Å². The van der Waals surface area contributed by atoms with Crippen LogP contribution in [0.2, 0.25) is 10.0 Å². The second-order valence-electron chi connectivity index (χ2n) is 4.46. The molecule has 2 rings (SSSR count). The first-order valence-corrected chi connectivity index (χ1v) is 6.81. The molecule has 0 aliphatic rings. The number of amides is 1. The van der Waals surface area contributed by atoms with Crippen molar-refractivity contribution in [3.8, 4) is 0 Å². The molecule has 0 bridgehead atoms. The number of hydrogen-bond donors (Lipinski definition) is 2. The molecule has 0 aliphatic heterocycles. The zero-order valence-electron chi connectivity index (χ0n) is 10.9. The summed E-state index contributed by atoms with van der Waals surface area (Å²) in [5.74, 6) is -0.335. The van der Waals surface area contributed by atoms with Crippen molar-refractivity contribution in [2.75, 3.05) is 5.32 Å². The Hall–Kier alpha value is -1.55. The van der Waals surface area contributed by atoms with Gasteiger partial charge in [0, 0.05) is 5.02 Å². The van der Waals surface area contributed by atoms with E-state index < -0.39 is 6.04 Å². The van der Waals surface area contributed by atoms with E-state index in [0.29, 0.717) is 15.7 Å². The quantitative estimate of drug-likeness (QED) is 0.902. The van der Waals surface area contributed by atoms with Gasteiger partial charge in [0.15, 0.2) is 0 Å². The Labute approximate surface area is 127 Å². The number of nitrogens with two attached hydrogens (primary N) is 1. The number of nitrogens with one attached hydrogen (secondary N) is 1. The summed E-state index contributed by atoms with van der Waals surface area (Å²) in [5, 5.41) is 3.67. The highest BCUT2D eigenvalue weighted by Gasteiger charge is 2.17. The molecule has 0 saturated carbocycles. The van der Waals surface area contributed by atoms with E-state index in [4.69, 9.17) is 28.9 Å². The molecule has 3 nitrogen and oxygen atoms in total. The first kappa shape index (κ1) is 14.9. The minimum absolute atomic E-state index is 0.335. The van der Waals surface area contributed by atoms with Gasteiger partial charge in [-0.05, 0) is 30.2 Å². The predicted molar refractivity (Wildman–Crippen MR) is 83.2 cm³/mol. The van der Waals surface area contributed by atoms with Gasteiger partial charge in [-0.3, -0.25) is 4.79 Å². The molecule has 0 heterocycles. The van der Waals surface area contributed by atoms with Gasteiger partial charge in [-0.25, -0.2) is 0 Å². The van der Waals surface area contributed by atoms with Gasteiger partial charge in [0.25, 0.3) is 0 Å².